The normalized spacial score (nSPS) is 13.3. The highest BCUT2D eigenvalue weighted by atomic mass is 79.9. The Hall–Kier alpha value is -1.56. The van der Waals surface area contributed by atoms with Crippen LogP contribution in [0.4, 0.5) is 16.2 Å². The van der Waals surface area contributed by atoms with Gasteiger partial charge in [0.2, 0.25) is 5.91 Å². The lowest BCUT2D eigenvalue weighted by Gasteiger charge is -2.20. The Morgan fingerprint density at radius 3 is 2.65 bits per heavy atom. The fourth-order valence-electron chi connectivity index (χ4n) is 2.34. The lowest BCUT2D eigenvalue weighted by molar-refractivity contribution is -0.116. The summed E-state index contributed by atoms with van der Waals surface area (Å²) in [4.78, 5) is 25.3. The van der Waals surface area contributed by atoms with Gasteiger partial charge in [-0.25, -0.2) is 4.79 Å². The highest BCUT2D eigenvalue weighted by molar-refractivity contribution is 9.10. The van der Waals surface area contributed by atoms with E-state index in [-0.39, 0.29) is 18.0 Å². The van der Waals surface area contributed by atoms with E-state index < -0.39 is 0 Å². The molecule has 3 amide bonds. The molecule has 0 saturated carbocycles. The number of urea groups is 1. The maximum absolute atomic E-state index is 11.9. The van der Waals surface area contributed by atoms with Crippen LogP contribution in [0.3, 0.4) is 0 Å². The first-order valence-electron chi connectivity index (χ1n) is 6.56. The van der Waals surface area contributed by atoms with Crippen molar-refractivity contribution in [2.75, 3.05) is 16.8 Å². The largest absolute Gasteiger partial charge is 0.336 e. The van der Waals surface area contributed by atoms with Crippen molar-refractivity contribution in [1.82, 2.24) is 5.32 Å². The fourth-order valence-corrected chi connectivity index (χ4v) is 2.85. The molecule has 2 N–H and O–H groups in total. The Bertz CT molecular complexity index is 558. The van der Waals surface area contributed by atoms with Gasteiger partial charge in [-0.1, -0.05) is 15.9 Å². The summed E-state index contributed by atoms with van der Waals surface area (Å²) in [6, 6.07) is 3.60. The van der Waals surface area contributed by atoms with Gasteiger partial charge in [0.15, 0.2) is 0 Å². The molecule has 1 aliphatic rings. The number of nitrogens with zero attached hydrogens (tertiary/aromatic N) is 1. The molecule has 0 fully saturated rings. The van der Waals surface area contributed by atoms with E-state index in [4.69, 9.17) is 0 Å². The molecule has 0 saturated heterocycles. The zero-order chi connectivity index (χ0) is 14.9. The molecule has 0 bridgehead atoms. The van der Waals surface area contributed by atoms with Crippen molar-refractivity contribution in [1.29, 1.82) is 0 Å². The molecule has 0 atom stereocenters. The Labute approximate surface area is 126 Å². The number of carbonyl (C=O) groups excluding carboxylic acids is 2. The van der Waals surface area contributed by atoms with Crippen LogP contribution in [0.15, 0.2) is 16.6 Å². The SMILES string of the molecule is CC(=O)N1CCc2cc(Br)cc(NC(=O)NC(C)C)c21. The van der Waals surface area contributed by atoms with E-state index in [1.54, 1.807) is 4.90 Å². The molecule has 0 aliphatic carbocycles. The zero-order valence-electron chi connectivity index (χ0n) is 11.8. The van der Waals surface area contributed by atoms with E-state index in [1.807, 2.05) is 26.0 Å². The van der Waals surface area contributed by atoms with Crippen molar-refractivity contribution >= 4 is 39.2 Å². The molecule has 1 aliphatic heterocycles. The molecule has 5 nitrogen and oxygen atoms in total. The van der Waals surface area contributed by atoms with Crippen molar-refractivity contribution in [3.05, 3.63) is 22.2 Å². The van der Waals surface area contributed by atoms with Crippen LogP contribution in [0.2, 0.25) is 0 Å². The summed E-state index contributed by atoms with van der Waals surface area (Å²) < 4.78 is 0.890. The molecular weight excluding hydrogens is 322 g/mol. The van der Waals surface area contributed by atoms with Crippen LogP contribution in [0.5, 0.6) is 0 Å². The maximum atomic E-state index is 11.9. The molecule has 108 valence electrons. The molecule has 1 aromatic carbocycles. The number of hydrogen-bond donors (Lipinski definition) is 2. The minimum atomic E-state index is -0.268. The number of rotatable bonds is 2. The van der Waals surface area contributed by atoms with E-state index >= 15 is 0 Å². The minimum absolute atomic E-state index is 0.0154. The highest BCUT2D eigenvalue weighted by Crippen LogP contribution is 2.38. The van der Waals surface area contributed by atoms with Crippen molar-refractivity contribution in [3.63, 3.8) is 0 Å². The topological polar surface area (TPSA) is 61.4 Å². The number of nitrogens with one attached hydrogen (secondary N) is 2. The smallest absolute Gasteiger partial charge is 0.319 e. The third-order valence-electron chi connectivity index (χ3n) is 3.08. The Kier molecular flexibility index (Phi) is 4.32. The van der Waals surface area contributed by atoms with Crippen molar-refractivity contribution in [3.8, 4) is 0 Å². The first-order chi connectivity index (χ1) is 9.38. The third kappa shape index (κ3) is 3.12. The van der Waals surface area contributed by atoms with Crippen LogP contribution in [0.25, 0.3) is 0 Å². The van der Waals surface area contributed by atoms with Gasteiger partial charge in [0, 0.05) is 24.0 Å². The number of fused-ring (bicyclic) bond motifs is 1. The summed E-state index contributed by atoms with van der Waals surface area (Å²) in [5.74, 6) is -0.0154. The van der Waals surface area contributed by atoms with Crippen molar-refractivity contribution in [2.24, 2.45) is 0 Å². The van der Waals surface area contributed by atoms with E-state index in [0.717, 1.165) is 22.1 Å². The Balaban J connectivity index is 2.33. The summed E-state index contributed by atoms with van der Waals surface area (Å²) in [6.07, 6.45) is 0.800. The van der Waals surface area contributed by atoms with Crippen LogP contribution in [0.1, 0.15) is 26.3 Å². The van der Waals surface area contributed by atoms with Crippen LogP contribution in [0, 0.1) is 0 Å². The van der Waals surface area contributed by atoms with E-state index in [0.29, 0.717) is 12.2 Å². The van der Waals surface area contributed by atoms with Crippen LogP contribution in [-0.2, 0) is 11.2 Å². The molecule has 2 rings (SSSR count). The molecule has 20 heavy (non-hydrogen) atoms. The minimum Gasteiger partial charge on any atom is -0.336 e. The summed E-state index contributed by atoms with van der Waals surface area (Å²) in [5.41, 5.74) is 2.52. The summed E-state index contributed by atoms with van der Waals surface area (Å²) in [7, 11) is 0. The van der Waals surface area contributed by atoms with Gasteiger partial charge in [-0.2, -0.15) is 0 Å². The van der Waals surface area contributed by atoms with Gasteiger partial charge in [-0.3, -0.25) is 4.79 Å². The number of carbonyl (C=O) groups is 2. The molecular formula is C14H18BrN3O2. The fraction of sp³-hybridized carbons (Fsp3) is 0.429. The average Bonchev–Trinajstić information content (AvgIpc) is 2.71. The number of amides is 3. The number of anilines is 2. The second-order valence-electron chi connectivity index (χ2n) is 5.13. The molecule has 6 heteroatoms. The standard InChI is InChI=1S/C14H18BrN3O2/c1-8(2)16-14(20)17-12-7-11(15)6-10-4-5-18(9(3)19)13(10)12/h6-8H,4-5H2,1-3H3,(H2,16,17,20). The van der Waals surface area contributed by atoms with Gasteiger partial charge in [0.1, 0.15) is 0 Å². The Morgan fingerprint density at radius 1 is 1.35 bits per heavy atom. The van der Waals surface area contributed by atoms with E-state index in [2.05, 4.69) is 26.6 Å². The molecule has 1 aromatic rings. The van der Waals surface area contributed by atoms with Gasteiger partial charge >= 0.3 is 6.03 Å². The second-order valence-corrected chi connectivity index (χ2v) is 6.05. The quantitative estimate of drug-likeness (QED) is 0.870. The zero-order valence-corrected chi connectivity index (χ0v) is 13.4. The lowest BCUT2D eigenvalue weighted by atomic mass is 10.1. The van der Waals surface area contributed by atoms with Gasteiger partial charge in [0.05, 0.1) is 11.4 Å². The van der Waals surface area contributed by atoms with Crippen LogP contribution < -0.4 is 15.5 Å². The molecule has 1 heterocycles. The predicted octanol–water partition coefficient (Wildman–Crippen LogP) is 2.89. The maximum Gasteiger partial charge on any atom is 0.319 e. The monoisotopic (exact) mass is 339 g/mol. The highest BCUT2D eigenvalue weighted by Gasteiger charge is 2.26. The Morgan fingerprint density at radius 2 is 2.05 bits per heavy atom. The van der Waals surface area contributed by atoms with Crippen LogP contribution in [-0.4, -0.2) is 24.5 Å². The molecule has 0 unspecified atom stereocenters. The molecule has 0 aromatic heterocycles. The second kappa shape index (κ2) is 5.83. The lowest BCUT2D eigenvalue weighted by Crippen LogP contribution is -2.35. The first-order valence-corrected chi connectivity index (χ1v) is 7.36. The van der Waals surface area contributed by atoms with Crippen molar-refractivity contribution in [2.45, 2.75) is 33.2 Å². The first kappa shape index (κ1) is 14.8. The van der Waals surface area contributed by atoms with Crippen molar-refractivity contribution < 1.29 is 9.59 Å². The number of halogens is 1. The average molecular weight is 340 g/mol. The predicted molar refractivity (Wildman–Crippen MR) is 83.2 cm³/mol. The van der Waals surface area contributed by atoms with Gasteiger partial charge in [-0.15, -0.1) is 0 Å². The van der Waals surface area contributed by atoms with E-state index in [1.165, 1.54) is 6.92 Å². The van der Waals surface area contributed by atoms with Crippen LogP contribution >= 0.6 is 15.9 Å². The van der Waals surface area contributed by atoms with Gasteiger partial charge < -0.3 is 15.5 Å². The van der Waals surface area contributed by atoms with Gasteiger partial charge in [0.25, 0.3) is 0 Å². The van der Waals surface area contributed by atoms with E-state index in [9.17, 15) is 9.59 Å². The number of benzene rings is 1. The summed E-state index contributed by atoms with van der Waals surface area (Å²) >= 11 is 3.44. The molecule has 0 spiro atoms. The summed E-state index contributed by atoms with van der Waals surface area (Å²) in [5, 5.41) is 5.60. The number of hydrogen-bond acceptors (Lipinski definition) is 2. The summed E-state index contributed by atoms with van der Waals surface area (Å²) in [6.45, 7) is 5.98. The van der Waals surface area contributed by atoms with Gasteiger partial charge in [-0.05, 0) is 38.0 Å². The third-order valence-corrected chi connectivity index (χ3v) is 3.53. The molecule has 0 radical (unpaired) electrons.